The molecule has 1 fully saturated rings. The van der Waals surface area contributed by atoms with Crippen molar-refractivity contribution in [3.8, 4) is 11.4 Å². The lowest BCUT2D eigenvalue weighted by atomic mass is 10.2. The Hall–Kier alpha value is -1.40. The number of ether oxygens (including phenoxy) is 1. The van der Waals surface area contributed by atoms with Gasteiger partial charge in [-0.1, -0.05) is 25.1 Å². The Bertz CT molecular complexity index is 623. The van der Waals surface area contributed by atoms with Gasteiger partial charge in [-0.05, 0) is 43.5 Å². The zero-order valence-electron chi connectivity index (χ0n) is 13.4. The highest BCUT2D eigenvalue weighted by Gasteiger charge is 2.21. The van der Waals surface area contributed by atoms with Crippen molar-refractivity contribution in [3.05, 3.63) is 30.1 Å². The summed E-state index contributed by atoms with van der Waals surface area (Å²) in [6.45, 7) is 3.77. The fraction of sp³-hybridized carbons (Fsp3) is 0.529. The Morgan fingerprint density at radius 2 is 2.13 bits per heavy atom. The van der Waals surface area contributed by atoms with Crippen LogP contribution in [0.15, 0.2) is 29.4 Å². The average molecular weight is 335 g/mol. The second kappa shape index (κ2) is 7.93. The van der Waals surface area contributed by atoms with Crippen molar-refractivity contribution in [2.24, 2.45) is 0 Å². The van der Waals surface area contributed by atoms with E-state index in [0.29, 0.717) is 0 Å². The summed E-state index contributed by atoms with van der Waals surface area (Å²) in [6.07, 6.45) is 4.72. The number of benzene rings is 1. The third-order valence-electron chi connectivity index (χ3n) is 3.96. The van der Waals surface area contributed by atoms with Gasteiger partial charge in [0, 0.05) is 17.9 Å². The fourth-order valence-electron chi connectivity index (χ4n) is 2.67. The Labute approximate surface area is 140 Å². The topological polar surface area (TPSA) is 39.9 Å². The van der Waals surface area contributed by atoms with Crippen LogP contribution in [0.3, 0.4) is 0 Å². The molecule has 1 saturated heterocycles. The summed E-state index contributed by atoms with van der Waals surface area (Å²) < 4.78 is 21.1. The molecule has 0 saturated carbocycles. The van der Waals surface area contributed by atoms with Crippen molar-refractivity contribution < 1.29 is 9.13 Å². The minimum Gasteiger partial charge on any atom is -0.376 e. The summed E-state index contributed by atoms with van der Waals surface area (Å²) >= 11 is 1.73. The van der Waals surface area contributed by atoms with E-state index in [2.05, 4.69) is 21.7 Å². The molecular weight excluding hydrogens is 313 g/mol. The van der Waals surface area contributed by atoms with E-state index in [9.17, 15) is 4.39 Å². The number of thioether (sulfide) groups is 1. The number of nitrogens with zero attached hydrogens (tertiary/aromatic N) is 3. The van der Waals surface area contributed by atoms with Crippen LogP contribution in [0.2, 0.25) is 0 Å². The molecule has 1 aliphatic rings. The third kappa shape index (κ3) is 4.12. The summed E-state index contributed by atoms with van der Waals surface area (Å²) in [7, 11) is 0. The van der Waals surface area contributed by atoms with E-state index in [1.807, 2.05) is 0 Å². The number of halogens is 1. The summed E-state index contributed by atoms with van der Waals surface area (Å²) in [6, 6.07) is 6.44. The van der Waals surface area contributed by atoms with Gasteiger partial charge >= 0.3 is 0 Å². The van der Waals surface area contributed by atoms with Crippen LogP contribution in [-0.2, 0) is 11.3 Å². The standard InChI is InChI=1S/C17H22FN3OS/c1-2-3-11-23-17-20-19-16(13-6-8-14(18)9-7-13)21(17)12-15-5-4-10-22-15/h6-9,15H,2-5,10-12H2,1H3. The van der Waals surface area contributed by atoms with Crippen molar-refractivity contribution in [1.82, 2.24) is 14.8 Å². The molecule has 0 aliphatic carbocycles. The van der Waals surface area contributed by atoms with Gasteiger partial charge in [0.2, 0.25) is 0 Å². The van der Waals surface area contributed by atoms with Crippen LogP contribution in [0.1, 0.15) is 32.6 Å². The molecule has 1 atom stereocenters. The lowest BCUT2D eigenvalue weighted by molar-refractivity contribution is 0.0953. The summed E-state index contributed by atoms with van der Waals surface area (Å²) in [4.78, 5) is 0. The molecular formula is C17H22FN3OS. The van der Waals surface area contributed by atoms with E-state index in [1.54, 1.807) is 23.9 Å². The number of unbranched alkanes of at least 4 members (excludes halogenated alkanes) is 1. The maximum Gasteiger partial charge on any atom is 0.191 e. The summed E-state index contributed by atoms with van der Waals surface area (Å²) in [5.74, 6) is 1.58. The molecule has 1 aromatic carbocycles. The largest absolute Gasteiger partial charge is 0.376 e. The van der Waals surface area contributed by atoms with Crippen LogP contribution in [0.25, 0.3) is 11.4 Å². The highest BCUT2D eigenvalue weighted by atomic mass is 32.2. The first-order valence-electron chi connectivity index (χ1n) is 8.21. The lowest BCUT2D eigenvalue weighted by Gasteiger charge is -2.14. The smallest absolute Gasteiger partial charge is 0.191 e. The zero-order valence-corrected chi connectivity index (χ0v) is 14.2. The van der Waals surface area contributed by atoms with Gasteiger partial charge in [-0.3, -0.25) is 4.57 Å². The first kappa shape index (κ1) is 16.5. The van der Waals surface area contributed by atoms with Crippen LogP contribution in [0, 0.1) is 5.82 Å². The highest BCUT2D eigenvalue weighted by Crippen LogP contribution is 2.27. The fourth-order valence-corrected chi connectivity index (χ4v) is 3.70. The lowest BCUT2D eigenvalue weighted by Crippen LogP contribution is -2.16. The van der Waals surface area contributed by atoms with Crippen molar-refractivity contribution >= 4 is 11.8 Å². The van der Waals surface area contributed by atoms with E-state index < -0.39 is 0 Å². The minimum atomic E-state index is -0.239. The summed E-state index contributed by atoms with van der Waals surface area (Å²) in [5, 5.41) is 9.63. The average Bonchev–Trinajstić information content (AvgIpc) is 3.20. The van der Waals surface area contributed by atoms with Crippen LogP contribution in [0.4, 0.5) is 4.39 Å². The van der Waals surface area contributed by atoms with Crippen molar-refractivity contribution in [2.45, 2.75) is 50.4 Å². The Kier molecular flexibility index (Phi) is 5.67. The molecule has 0 radical (unpaired) electrons. The molecule has 2 aromatic rings. The number of rotatable bonds is 7. The molecule has 0 bridgehead atoms. The second-order valence-corrected chi connectivity index (χ2v) is 6.82. The van der Waals surface area contributed by atoms with Crippen molar-refractivity contribution in [2.75, 3.05) is 12.4 Å². The van der Waals surface area contributed by atoms with Gasteiger partial charge in [0.25, 0.3) is 0 Å². The Balaban J connectivity index is 1.86. The summed E-state index contributed by atoms with van der Waals surface area (Å²) in [5.41, 5.74) is 0.888. The monoisotopic (exact) mass is 335 g/mol. The molecule has 3 rings (SSSR count). The van der Waals surface area contributed by atoms with Gasteiger partial charge < -0.3 is 4.74 Å². The van der Waals surface area contributed by atoms with Gasteiger partial charge in [-0.2, -0.15) is 0 Å². The second-order valence-electron chi connectivity index (χ2n) is 5.76. The maximum absolute atomic E-state index is 13.2. The minimum absolute atomic E-state index is 0.218. The first-order valence-corrected chi connectivity index (χ1v) is 9.20. The molecule has 2 heterocycles. The van der Waals surface area contributed by atoms with Gasteiger partial charge in [0.05, 0.1) is 12.6 Å². The van der Waals surface area contributed by atoms with E-state index in [-0.39, 0.29) is 11.9 Å². The van der Waals surface area contributed by atoms with Crippen LogP contribution in [-0.4, -0.2) is 33.2 Å². The maximum atomic E-state index is 13.2. The Morgan fingerprint density at radius 3 is 2.83 bits per heavy atom. The van der Waals surface area contributed by atoms with Gasteiger partial charge in [0.15, 0.2) is 11.0 Å². The predicted molar refractivity (Wildman–Crippen MR) is 90.0 cm³/mol. The molecule has 23 heavy (non-hydrogen) atoms. The van der Waals surface area contributed by atoms with Crippen LogP contribution in [0.5, 0.6) is 0 Å². The van der Waals surface area contributed by atoms with Gasteiger partial charge in [-0.25, -0.2) is 4.39 Å². The van der Waals surface area contributed by atoms with Crippen molar-refractivity contribution in [1.29, 1.82) is 0 Å². The molecule has 6 heteroatoms. The number of hydrogen-bond donors (Lipinski definition) is 0. The molecule has 0 spiro atoms. The third-order valence-corrected chi connectivity index (χ3v) is 5.01. The van der Waals surface area contributed by atoms with Crippen LogP contribution >= 0.6 is 11.8 Å². The molecule has 1 aromatic heterocycles. The van der Waals surface area contributed by atoms with E-state index >= 15 is 0 Å². The quantitative estimate of drug-likeness (QED) is 0.563. The van der Waals surface area contributed by atoms with E-state index in [0.717, 1.165) is 61.1 Å². The van der Waals surface area contributed by atoms with E-state index in [1.165, 1.54) is 12.1 Å². The SMILES string of the molecule is CCCCSc1nnc(-c2ccc(F)cc2)n1CC1CCCO1. The zero-order chi connectivity index (χ0) is 16.1. The number of hydrogen-bond acceptors (Lipinski definition) is 4. The molecule has 1 unspecified atom stereocenters. The molecule has 4 nitrogen and oxygen atoms in total. The van der Waals surface area contributed by atoms with E-state index in [4.69, 9.17) is 4.74 Å². The van der Waals surface area contributed by atoms with Crippen molar-refractivity contribution in [3.63, 3.8) is 0 Å². The molecule has 1 aliphatic heterocycles. The predicted octanol–water partition coefficient (Wildman–Crippen LogP) is 4.16. The van der Waals surface area contributed by atoms with Gasteiger partial charge in [0.1, 0.15) is 5.82 Å². The van der Waals surface area contributed by atoms with Crippen LogP contribution < -0.4 is 0 Å². The normalized spacial score (nSPS) is 17.7. The highest BCUT2D eigenvalue weighted by molar-refractivity contribution is 7.99. The first-order chi connectivity index (χ1) is 11.3. The molecule has 0 amide bonds. The molecule has 124 valence electrons. The van der Waals surface area contributed by atoms with Gasteiger partial charge in [-0.15, -0.1) is 10.2 Å². The molecule has 0 N–H and O–H groups in total. The Morgan fingerprint density at radius 1 is 1.30 bits per heavy atom. The number of aromatic nitrogens is 3.